The first-order valence-electron chi connectivity index (χ1n) is 8.68. The topological polar surface area (TPSA) is 61.5 Å². The molecule has 1 aliphatic carbocycles. The quantitative estimate of drug-likeness (QED) is 0.762. The summed E-state index contributed by atoms with van der Waals surface area (Å²) in [6.07, 6.45) is 5.92. The van der Waals surface area contributed by atoms with Gasteiger partial charge in [0, 0.05) is 21.9 Å². The molecule has 1 aromatic rings. The molecule has 1 aliphatic heterocycles. The van der Waals surface area contributed by atoms with E-state index in [-0.39, 0.29) is 11.5 Å². The van der Waals surface area contributed by atoms with E-state index in [1.807, 2.05) is 6.07 Å². The van der Waals surface area contributed by atoms with Crippen molar-refractivity contribution < 1.29 is 14.3 Å². The van der Waals surface area contributed by atoms with E-state index in [9.17, 15) is 4.79 Å². The molecule has 2 aliphatic rings. The largest absolute Gasteiger partial charge is 0.493 e. The molecule has 24 heavy (non-hydrogen) atoms. The van der Waals surface area contributed by atoms with Gasteiger partial charge in [-0.25, -0.2) is 0 Å². The molecule has 3 rings (SSSR count). The zero-order chi connectivity index (χ0) is 17.9. The Morgan fingerprint density at radius 1 is 1.50 bits per heavy atom. The van der Waals surface area contributed by atoms with Crippen LogP contribution < -0.4 is 15.2 Å². The number of benzene rings is 1. The third-order valence-electron chi connectivity index (χ3n) is 5.69. The highest BCUT2D eigenvalue weighted by atomic mass is 79.9. The normalized spacial score (nSPS) is 26.8. The van der Waals surface area contributed by atoms with Crippen molar-refractivity contribution in [2.24, 2.45) is 11.7 Å². The van der Waals surface area contributed by atoms with E-state index in [1.54, 1.807) is 7.11 Å². The minimum absolute atomic E-state index is 0.00296. The summed E-state index contributed by atoms with van der Waals surface area (Å²) in [7, 11) is 3.19. The Bertz CT molecular complexity index is 605. The predicted molar refractivity (Wildman–Crippen MR) is 100.0 cm³/mol. The molecule has 0 saturated heterocycles. The number of methoxy groups -OCH3 is 1. The van der Waals surface area contributed by atoms with Crippen LogP contribution in [-0.2, 0) is 16.6 Å². The van der Waals surface area contributed by atoms with Crippen molar-refractivity contribution >= 4 is 22.2 Å². The van der Waals surface area contributed by atoms with Gasteiger partial charge in [0.2, 0.25) is 0 Å². The number of carbonyl (C=O) groups is 1. The average Bonchev–Trinajstić information content (AvgIpc) is 2.93. The molecule has 5 heteroatoms. The van der Waals surface area contributed by atoms with Gasteiger partial charge in [-0.15, -0.1) is 0 Å². The van der Waals surface area contributed by atoms with Gasteiger partial charge in [0.1, 0.15) is 12.4 Å². The van der Waals surface area contributed by atoms with Crippen molar-refractivity contribution in [1.82, 2.24) is 0 Å². The number of halogens is 1. The van der Waals surface area contributed by atoms with Crippen LogP contribution in [0.3, 0.4) is 0 Å². The third kappa shape index (κ3) is 2.76. The van der Waals surface area contributed by atoms with Crippen LogP contribution in [0.4, 0.5) is 0 Å². The Balaban J connectivity index is 0.00000100. The Morgan fingerprint density at radius 3 is 2.79 bits per heavy atom. The van der Waals surface area contributed by atoms with Gasteiger partial charge in [0.15, 0.2) is 11.5 Å². The Hall–Kier alpha value is -1.07. The van der Waals surface area contributed by atoms with Crippen molar-refractivity contribution in [2.45, 2.75) is 57.5 Å². The molecule has 0 aromatic heterocycles. The summed E-state index contributed by atoms with van der Waals surface area (Å²) in [5.41, 5.74) is 7.20. The minimum Gasteiger partial charge on any atom is -0.493 e. The summed E-state index contributed by atoms with van der Waals surface area (Å²) in [6.45, 7) is 4.41. The molecule has 0 spiro atoms. The summed E-state index contributed by atoms with van der Waals surface area (Å²) in [4.78, 5) is 10.9. The molecule has 0 bridgehead atoms. The fourth-order valence-electron chi connectivity index (χ4n) is 4.67. The van der Waals surface area contributed by atoms with Gasteiger partial charge in [-0.3, -0.25) is 0 Å². The second-order valence-corrected chi connectivity index (χ2v) is 7.23. The van der Waals surface area contributed by atoms with E-state index < -0.39 is 0 Å². The zero-order valence-corrected chi connectivity index (χ0v) is 16.6. The first kappa shape index (κ1) is 19.3. The lowest BCUT2D eigenvalue weighted by molar-refractivity contribution is -0.108. The SMILES string of the molecule is CCC12c3c(c(Br)cc(OC)c3OC1C)CCC2CCC=O.CN. The van der Waals surface area contributed by atoms with Crippen LogP contribution in [0.5, 0.6) is 11.5 Å². The van der Waals surface area contributed by atoms with Gasteiger partial charge in [-0.2, -0.15) is 0 Å². The Morgan fingerprint density at radius 2 is 2.21 bits per heavy atom. The number of hydrogen-bond donors (Lipinski definition) is 1. The van der Waals surface area contributed by atoms with E-state index in [2.05, 4.69) is 35.5 Å². The molecule has 0 radical (unpaired) electrons. The van der Waals surface area contributed by atoms with Crippen LogP contribution in [0, 0.1) is 5.92 Å². The van der Waals surface area contributed by atoms with E-state index in [4.69, 9.17) is 9.47 Å². The number of rotatable bonds is 5. The van der Waals surface area contributed by atoms with Crippen molar-refractivity contribution in [3.63, 3.8) is 0 Å². The van der Waals surface area contributed by atoms with Crippen molar-refractivity contribution in [3.8, 4) is 11.5 Å². The monoisotopic (exact) mass is 397 g/mol. The highest BCUT2D eigenvalue weighted by Gasteiger charge is 2.54. The van der Waals surface area contributed by atoms with Crippen LogP contribution in [-0.4, -0.2) is 26.5 Å². The lowest BCUT2D eigenvalue weighted by Gasteiger charge is -2.43. The molecule has 0 fully saturated rings. The Kier molecular flexibility index (Phi) is 6.32. The minimum atomic E-state index is 0.00296. The molecule has 1 heterocycles. The molecule has 2 N–H and O–H groups in total. The first-order chi connectivity index (χ1) is 11.6. The molecule has 0 amide bonds. The van der Waals surface area contributed by atoms with E-state index in [0.717, 1.165) is 47.9 Å². The van der Waals surface area contributed by atoms with Gasteiger partial charge >= 0.3 is 0 Å². The maximum Gasteiger partial charge on any atom is 0.165 e. The molecule has 134 valence electrons. The lowest BCUT2D eigenvalue weighted by Crippen LogP contribution is -2.45. The van der Waals surface area contributed by atoms with Crippen molar-refractivity contribution in [1.29, 1.82) is 0 Å². The lowest BCUT2D eigenvalue weighted by atomic mass is 9.59. The molecule has 0 saturated carbocycles. The summed E-state index contributed by atoms with van der Waals surface area (Å²) in [5, 5.41) is 0. The number of ether oxygens (including phenoxy) is 2. The van der Waals surface area contributed by atoms with Crippen LogP contribution >= 0.6 is 15.9 Å². The Labute approximate surface area is 153 Å². The molecular weight excluding hydrogens is 370 g/mol. The maximum absolute atomic E-state index is 10.9. The van der Waals surface area contributed by atoms with Gasteiger partial charge in [0.05, 0.1) is 7.11 Å². The van der Waals surface area contributed by atoms with E-state index >= 15 is 0 Å². The standard InChI is InChI=1S/C18H23BrO3.CH5N/c1-4-18-11(2)22-17-15(21-3)10-14(19)13(16(17)18)8-7-12(18)6-5-9-20;1-2/h9-12H,4-8H2,1-3H3;2H2,1H3. The van der Waals surface area contributed by atoms with E-state index in [0.29, 0.717) is 12.3 Å². The summed E-state index contributed by atoms with van der Waals surface area (Å²) < 4.78 is 12.9. The smallest absolute Gasteiger partial charge is 0.165 e. The van der Waals surface area contributed by atoms with Crippen LogP contribution in [0.25, 0.3) is 0 Å². The molecule has 4 nitrogen and oxygen atoms in total. The van der Waals surface area contributed by atoms with Gasteiger partial charge in [-0.1, -0.05) is 22.9 Å². The molecule has 3 unspecified atom stereocenters. The van der Waals surface area contributed by atoms with Crippen LogP contribution in [0.1, 0.15) is 50.7 Å². The molecule has 1 aromatic carbocycles. The third-order valence-corrected chi connectivity index (χ3v) is 6.40. The van der Waals surface area contributed by atoms with Crippen molar-refractivity contribution in [2.75, 3.05) is 14.2 Å². The van der Waals surface area contributed by atoms with Crippen LogP contribution in [0.15, 0.2) is 10.5 Å². The van der Waals surface area contributed by atoms with Crippen molar-refractivity contribution in [3.05, 3.63) is 21.7 Å². The number of nitrogens with two attached hydrogens (primary N) is 1. The summed E-state index contributed by atoms with van der Waals surface area (Å²) >= 11 is 3.72. The van der Waals surface area contributed by atoms with Crippen LogP contribution in [0.2, 0.25) is 0 Å². The second kappa shape index (κ2) is 7.87. The summed E-state index contributed by atoms with van der Waals surface area (Å²) in [6, 6.07) is 2.03. The zero-order valence-electron chi connectivity index (χ0n) is 15.0. The number of carbonyl (C=O) groups excluding carboxylic acids is 1. The summed E-state index contributed by atoms with van der Waals surface area (Å²) in [5.74, 6) is 2.22. The fourth-order valence-corrected chi connectivity index (χ4v) is 5.28. The highest BCUT2D eigenvalue weighted by molar-refractivity contribution is 9.10. The number of hydrogen-bond acceptors (Lipinski definition) is 4. The highest BCUT2D eigenvalue weighted by Crippen LogP contribution is 2.60. The maximum atomic E-state index is 10.9. The van der Waals surface area contributed by atoms with Gasteiger partial charge in [-0.05, 0) is 57.2 Å². The molecule has 3 atom stereocenters. The predicted octanol–water partition coefficient (Wildman–Crippen LogP) is 4.00. The van der Waals surface area contributed by atoms with Gasteiger partial charge in [0.25, 0.3) is 0 Å². The number of aldehydes is 1. The molecular formula is C19H28BrNO3. The average molecular weight is 398 g/mol. The van der Waals surface area contributed by atoms with Gasteiger partial charge < -0.3 is 20.0 Å². The fraction of sp³-hybridized carbons (Fsp3) is 0.632. The first-order valence-corrected chi connectivity index (χ1v) is 9.47. The second-order valence-electron chi connectivity index (χ2n) is 6.38. The van der Waals surface area contributed by atoms with E-state index in [1.165, 1.54) is 18.2 Å².